The molecule has 304 valence electrons. The van der Waals surface area contributed by atoms with Crippen LogP contribution in [0.5, 0.6) is 0 Å². The minimum atomic E-state index is -1.13. The summed E-state index contributed by atoms with van der Waals surface area (Å²) < 4.78 is 20.8. The van der Waals surface area contributed by atoms with Gasteiger partial charge in [-0.15, -0.1) is 0 Å². The van der Waals surface area contributed by atoms with Crippen molar-refractivity contribution in [2.75, 3.05) is 65.9 Å². The van der Waals surface area contributed by atoms with Crippen LogP contribution < -0.4 is 16.0 Å². The van der Waals surface area contributed by atoms with Crippen LogP contribution in [0.25, 0.3) is 0 Å². The number of carboxylic acid groups (broad SMARTS) is 2. The van der Waals surface area contributed by atoms with Crippen LogP contribution in [-0.4, -0.2) is 124 Å². The van der Waals surface area contributed by atoms with Crippen LogP contribution in [0.4, 0.5) is 0 Å². The minimum Gasteiger partial charge on any atom is -0.481 e. The Morgan fingerprint density at radius 3 is 1.56 bits per heavy atom. The Labute approximate surface area is 310 Å². The smallest absolute Gasteiger partial charge is 0.326 e. The summed E-state index contributed by atoms with van der Waals surface area (Å²) in [7, 11) is 0. The van der Waals surface area contributed by atoms with E-state index in [9.17, 15) is 34.2 Å². The number of hydrogen-bond donors (Lipinski definition) is 6. The highest BCUT2D eigenvalue weighted by Crippen LogP contribution is 2.14. The van der Waals surface area contributed by atoms with Gasteiger partial charge in [0.1, 0.15) is 31.8 Å². The molecule has 0 fully saturated rings. The molecule has 0 aromatic heterocycles. The van der Waals surface area contributed by atoms with Crippen molar-refractivity contribution in [3.05, 3.63) is 0 Å². The van der Waals surface area contributed by atoms with E-state index in [0.29, 0.717) is 39.2 Å². The number of carbonyl (C=O) groups is 5. The van der Waals surface area contributed by atoms with Gasteiger partial charge >= 0.3 is 11.9 Å². The Morgan fingerprint density at radius 2 is 1.04 bits per heavy atom. The number of ether oxygens (including phenoxy) is 4. The molecule has 0 heterocycles. The van der Waals surface area contributed by atoms with Crippen LogP contribution in [-0.2, 0) is 42.9 Å². The van der Waals surface area contributed by atoms with Crippen LogP contribution in [0.15, 0.2) is 0 Å². The highest BCUT2D eigenvalue weighted by atomic mass is 16.5. The predicted molar refractivity (Wildman–Crippen MR) is 196 cm³/mol. The molecule has 0 saturated heterocycles. The maximum Gasteiger partial charge on any atom is 0.326 e. The molecule has 0 spiro atoms. The number of nitrogens with one attached hydrogen (secondary N) is 3. The lowest BCUT2D eigenvalue weighted by Crippen LogP contribution is -2.42. The Bertz CT molecular complexity index is 896. The molecule has 0 aliphatic rings. The fourth-order valence-electron chi connectivity index (χ4n) is 5.33. The molecule has 0 aromatic carbocycles. The third kappa shape index (κ3) is 37.1. The molecule has 0 radical (unpaired) electrons. The quantitative estimate of drug-likeness (QED) is 0.0299. The van der Waals surface area contributed by atoms with Crippen LogP contribution in [0.2, 0.25) is 0 Å². The second-order valence-electron chi connectivity index (χ2n) is 12.9. The molecular formula is C37H69N3O12. The summed E-state index contributed by atoms with van der Waals surface area (Å²) in [6.45, 7) is 2.27. The Morgan fingerprint density at radius 1 is 0.558 bits per heavy atom. The second kappa shape index (κ2) is 38.0. The molecule has 1 unspecified atom stereocenters. The van der Waals surface area contributed by atoms with Crippen molar-refractivity contribution in [3.63, 3.8) is 0 Å². The van der Waals surface area contributed by atoms with Gasteiger partial charge in [-0.2, -0.15) is 0 Å². The fourth-order valence-corrected chi connectivity index (χ4v) is 5.33. The van der Waals surface area contributed by atoms with E-state index < -0.39 is 24.2 Å². The number of rotatable bonds is 41. The zero-order valence-corrected chi connectivity index (χ0v) is 31.5. The number of amides is 2. The van der Waals surface area contributed by atoms with E-state index in [4.69, 9.17) is 24.1 Å². The van der Waals surface area contributed by atoms with Gasteiger partial charge in [0.15, 0.2) is 0 Å². The summed E-state index contributed by atoms with van der Waals surface area (Å²) in [5.41, 5.74) is 0. The van der Waals surface area contributed by atoms with E-state index >= 15 is 0 Å². The molecule has 15 nitrogen and oxygen atoms in total. The van der Waals surface area contributed by atoms with Gasteiger partial charge in [0.2, 0.25) is 11.8 Å². The molecule has 0 aliphatic carbocycles. The molecule has 52 heavy (non-hydrogen) atoms. The molecule has 2 amide bonds. The van der Waals surface area contributed by atoms with Crippen LogP contribution >= 0.6 is 0 Å². The van der Waals surface area contributed by atoms with Gasteiger partial charge in [0, 0.05) is 25.9 Å². The largest absolute Gasteiger partial charge is 0.481 e. The molecule has 0 aliphatic heterocycles. The molecule has 0 rings (SSSR count). The van der Waals surface area contributed by atoms with Gasteiger partial charge in [-0.25, -0.2) is 4.79 Å². The molecule has 0 aromatic rings. The highest BCUT2D eigenvalue weighted by Gasteiger charge is 2.21. The minimum absolute atomic E-state index is 0.0328. The number of carboxylic acids is 2. The predicted octanol–water partition coefficient (Wildman–Crippen LogP) is 3.73. The number of carbonyl (C=O) groups excluding carboxylic acids is 3. The van der Waals surface area contributed by atoms with E-state index in [0.717, 1.165) is 44.9 Å². The van der Waals surface area contributed by atoms with Crippen molar-refractivity contribution in [2.24, 2.45) is 0 Å². The van der Waals surface area contributed by atoms with E-state index in [1.54, 1.807) is 0 Å². The number of aldehydes is 1. The zero-order valence-electron chi connectivity index (χ0n) is 31.5. The van der Waals surface area contributed by atoms with Gasteiger partial charge in [-0.05, 0) is 25.7 Å². The second-order valence-corrected chi connectivity index (χ2v) is 12.9. The van der Waals surface area contributed by atoms with Crippen molar-refractivity contribution in [1.29, 1.82) is 0 Å². The Balaban J connectivity index is 3.63. The first kappa shape index (κ1) is 49.3. The Kier molecular flexibility index (Phi) is 36.1. The number of aliphatic carboxylic acids is 2. The maximum atomic E-state index is 12.3. The van der Waals surface area contributed by atoms with E-state index in [1.165, 1.54) is 57.8 Å². The first-order valence-corrected chi connectivity index (χ1v) is 19.4. The van der Waals surface area contributed by atoms with Crippen molar-refractivity contribution in [2.45, 2.75) is 141 Å². The summed E-state index contributed by atoms with van der Waals surface area (Å²) in [4.78, 5) is 56.3. The molecule has 6 N–H and O–H groups in total. The lowest BCUT2D eigenvalue weighted by Gasteiger charge is -2.18. The van der Waals surface area contributed by atoms with E-state index in [1.807, 2.05) is 0 Å². The van der Waals surface area contributed by atoms with Gasteiger partial charge in [-0.1, -0.05) is 89.9 Å². The number of unbranched alkanes of at least 4 members (excludes halogenated alkanes) is 15. The Hall–Kier alpha value is -2.69. The standard InChI is InChI=1S/C37H69N3O12/c41-23-26-51-28-27-49-25-22-39-35(44)31-52-30-29-50-24-21-38-33(42)20-19-32(37(47)48)40-34(43)17-15-13-11-9-7-5-3-1-2-4-6-8-10-12-14-16-18-36(45)46/h23,32-33,38,42H,1-22,24-31H2,(H,39,44)(H,40,43)(H,45,46)(H,47,48)/t32-,33?/m0/s1. The molecular weight excluding hydrogens is 678 g/mol. The number of hydrogen-bond acceptors (Lipinski definition) is 11. The van der Waals surface area contributed by atoms with Crippen LogP contribution in [0, 0.1) is 0 Å². The summed E-state index contributed by atoms with van der Waals surface area (Å²) >= 11 is 0. The van der Waals surface area contributed by atoms with Gasteiger partial charge < -0.3 is 49.7 Å². The summed E-state index contributed by atoms with van der Waals surface area (Å²) in [5.74, 6) is -2.40. The average Bonchev–Trinajstić information content (AvgIpc) is 3.11. The molecule has 2 atom stereocenters. The number of aliphatic hydroxyl groups is 1. The lowest BCUT2D eigenvalue weighted by atomic mass is 10.0. The zero-order chi connectivity index (χ0) is 38.3. The molecule has 0 saturated carbocycles. The topological polar surface area (TPSA) is 219 Å². The van der Waals surface area contributed by atoms with Crippen molar-refractivity contribution >= 4 is 30.0 Å². The van der Waals surface area contributed by atoms with Gasteiger partial charge in [0.05, 0.1) is 39.6 Å². The molecule has 0 bridgehead atoms. The van der Waals surface area contributed by atoms with Crippen molar-refractivity contribution in [3.8, 4) is 0 Å². The van der Waals surface area contributed by atoms with E-state index in [2.05, 4.69) is 16.0 Å². The summed E-state index contributed by atoms with van der Waals surface area (Å²) in [6.07, 6.45) is 18.6. The normalized spacial score (nSPS) is 12.3. The molecule has 15 heteroatoms. The monoisotopic (exact) mass is 747 g/mol. The third-order valence-corrected chi connectivity index (χ3v) is 8.26. The summed E-state index contributed by atoms with van der Waals surface area (Å²) in [5, 5.41) is 36.4. The fraction of sp³-hybridized carbons (Fsp3) is 0.865. The maximum absolute atomic E-state index is 12.3. The highest BCUT2D eigenvalue weighted by molar-refractivity contribution is 5.83. The van der Waals surface area contributed by atoms with Crippen molar-refractivity contribution in [1.82, 2.24) is 16.0 Å². The van der Waals surface area contributed by atoms with Crippen LogP contribution in [0.3, 0.4) is 0 Å². The van der Waals surface area contributed by atoms with Crippen molar-refractivity contribution < 1.29 is 58.2 Å². The first-order chi connectivity index (χ1) is 25.3. The average molecular weight is 748 g/mol. The lowest BCUT2D eigenvalue weighted by molar-refractivity contribution is -0.142. The van der Waals surface area contributed by atoms with Gasteiger partial charge in [-0.3, -0.25) is 19.7 Å². The third-order valence-electron chi connectivity index (χ3n) is 8.26. The SMILES string of the molecule is O=CCOCCOCCNC(=O)COCCOCCNC(O)CC[C@H](NC(=O)CCCCCCCCCCCCCCCCCCC(=O)O)C(=O)O. The number of aliphatic hydroxyl groups excluding tert-OH is 1. The van der Waals surface area contributed by atoms with Crippen LogP contribution in [0.1, 0.15) is 128 Å². The summed E-state index contributed by atoms with van der Waals surface area (Å²) in [6, 6.07) is -1.06. The van der Waals surface area contributed by atoms with E-state index in [-0.39, 0.29) is 70.5 Å². The first-order valence-electron chi connectivity index (χ1n) is 19.4. The van der Waals surface area contributed by atoms with Gasteiger partial charge in [0.25, 0.3) is 0 Å².